The molecule has 3 aliphatic heterocycles. The Morgan fingerprint density at radius 3 is 2.18 bits per heavy atom. The van der Waals surface area contributed by atoms with E-state index in [0.29, 0.717) is 11.8 Å². The first kappa shape index (κ1) is 14.7. The Hall–Kier alpha value is -0.860. The van der Waals surface area contributed by atoms with Gasteiger partial charge >= 0.3 is 0 Å². The quantitative estimate of drug-likeness (QED) is 0.918. The van der Waals surface area contributed by atoms with E-state index in [2.05, 4.69) is 35.2 Å². The van der Waals surface area contributed by atoms with Crippen molar-refractivity contribution in [3.8, 4) is 0 Å². The summed E-state index contributed by atoms with van der Waals surface area (Å²) in [5.41, 5.74) is 0.575. The number of hydrogen-bond acceptors (Lipinski definition) is 2. The number of rotatable bonds is 3. The van der Waals surface area contributed by atoms with Crippen molar-refractivity contribution in [2.45, 2.75) is 50.5 Å². The van der Waals surface area contributed by atoms with Crippen LogP contribution < -0.4 is 0 Å². The predicted octanol–water partition coefficient (Wildman–Crippen LogP) is 3.80. The third-order valence-corrected chi connectivity index (χ3v) is 6.69. The van der Waals surface area contributed by atoms with Crippen molar-refractivity contribution in [3.63, 3.8) is 0 Å². The summed E-state index contributed by atoms with van der Waals surface area (Å²) in [4.78, 5) is 2.58. The molecule has 2 atom stereocenters. The molecule has 5 rings (SSSR count). The third kappa shape index (κ3) is 2.41. The summed E-state index contributed by atoms with van der Waals surface area (Å²) in [5.74, 6) is 1.60. The monoisotopic (exact) mass is 299 g/mol. The highest BCUT2D eigenvalue weighted by Gasteiger charge is 2.51. The highest BCUT2D eigenvalue weighted by molar-refractivity contribution is 5.26. The second-order valence-electron chi connectivity index (χ2n) is 7.77. The molecular weight excluding hydrogens is 270 g/mol. The van der Waals surface area contributed by atoms with Gasteiger partial charge in [0.1, 0.15) is 0 Å². The normalized spacial score (nSPS) is 35.2. The smallest absolute Gasteiger partial charge is 0.0967 e. The molecule has 1 saturated carbocycles. The molecule has 2 unspecified atom stereocenters. The first-order valence-corrected chi connectivity index (χ1v) is 9.28. The second kappa shape index (κ2) is 5.98. The van der Waals surface area contributed by atoms with E-state index in [1.807, 2.05) is 0 Å². The summed E-state index contributed by atoms with van der Waals surface area (Å²) in [6.45, 7) is 3.60. The minimum atomic E-state index is -0.606. The Bertz CT molecular complexity index is 488. The van der Waals surface area contributed by atoms with E-state index >= 15 is 0 Å². The molecule has 0 radical (unpaired) electrons. The van der Waals surface area contributed by atoms with Crippen LogP contribution in [-0.2, 0) is 5.60 Å². The fraction of sp³-hybridized carbons (Fsp3) is 0.700. The van der Waals surface area contributed by atoms with E-state index in [1.165, 1.54) is 63.6 Å². The van der Waals surface area contributed by atoms with E-state index in [0.717, 1.165) is 12.5 Å². The fourth-order valence-corrected chi connectivity index (χ4v) is 5.46. The van der Waals surface area contributed by atoms with Gasteiger partial charge in [-0.2, -0.15) is 0 Å². The van der Waals surface area contributed by atoms with Crippen LogP contribution in [-0.4, -0.2) is 29.6 Å². The van der Waals surface area contributed by atoms with Crippen molar-refractivity contribution in [1.29, 1.82) is 0 Å². The van der Waals surface area contributed by atoms with Crippen LogP contribution in [0.3, 0.4) is 0 Å². The second-order valence-corrected chi connectivity index (χ2v) is 7.77. The van der Waals surface area contributed by atoms with Crippen LogP contribution in [0.4, 0.5) is 0 Å². The van der Waals surface area contributed by atoms with Crippen molar-refractivity contribution in [1.82, 2.24) is 4.90 Å². The fourth-order valence-electron chi connectivity index (χ4n) is 5.46. The van der Waals surface area contributed by atoms with Gasteiger partial charge in [-0.3, -0.25) is 0 Å². The predicted molar refractivity (Wildman–Crippen MR) is 89.6 cm³/mol. The largest absolute Gasteiger partial charge is 0.385 e. The van der Waals surface area contributed by atoms with E-state index in [-0.39, 0.29) is 0 Å². The summed E-state index contributed by atoms with van der Waals surface area (Å²) < 4.78 is 0. The third-order valence-electron chi connectivity index (χ3n) is 6.69. The zero-order valence-corrected chi connectivity index (χ0v) is 13.6. The van der Waals surface area contributed by atoms with Gasteiger partial charge in [-0.1, -0.05) is 49.6 Å². The molecule has 0 amide bonds. The Labute approximate surface area is 134 Å². The van der Waals surface area contributed by atoms with Gasteiger partial charge < -0.3 is 10.0 Å². The number of aliphatic hydroxyl groups is 1. The van der Waals surface area contributed by atoms with Gasteiger partial charge in [-0.25, -0.2) is 0 Å². The molecule has 0 aromatic heterocycles. The Balaban J connectivity index is 1.71. The average Bonchev–Trinajstić information content (AvgIpc) is 2.63. The summed E-state index contributed by atoms with van der Waals surface area (Å²) in [5, 5.41) is 12.0. The number of nitrogens with zero attached hydrogens (tertiary/aromatic N) is 1. The van der Waals surface area contributed by atoms with Crippen LogP contribution in [0.1, 0.15) is 50.5 Å². The maximum absolute atomic E-state index is 12.0. The highest BCUT2D eigenvalue weighted by Crippen LogP contribution is 2.50. The molecule has 1 N–H and O–H groups in total. The lowest BCUT2D eigenvalue weighted by Gasteiger charge is -2.54. The van der Waals surface area contributed by atoms with Crippen molar-refractivity contribution in [2.75, 3.05) is 19.6 Å². The topological polar surface area (TPSA) is 23.5 Å². The first-order valence-electron chi connectivity index (χ1n) is 9.28. The molecule has 4 fully saturated rings. The van der Waals surface area contributed by atoms with E-state index in [4.69, 9.17) is 0 Å². The van der Waals surface area contributed by atoms with Crippen LogP contribution in [0.2, 0.25) is 0 Å². The molecule has 4 aliphatic rings. The summed E-state index contributed by atoms with van der Waals surface area (Å²) in [7, 11) is 0. The van der Waals surface area contributed by atoms with Gasteiger partial charge in [0.05, 0.1) is 5.60 Å². The lowest BCUT2D eigenvalue weighted by molar-refractivity contribution is -0.143. The molecule has 22 heavy (non-hydrogen) atoms. The van der Waals surface area contributed by atoms with Gasteiger partial charge in [0.15, 0.2) is 0 Å². The zero-order valence-electron chi connectivity index (χ0n) is 13.6. The summed E-state index contributed by atoms with van der Waals surface area (Å²) >= 11 is 0. The zero-order chi connectivity index (χ0) is 15.0. The molecule has 1 aromatic carbocycles. The van der Waals surface area contributed by atoms with Crippen molar-refractivity contribution in [2.24, 2.45) is 17.8 Å². The molecule has 0 spiro atoms. The molecule has 3 heterocycles. The lowest BCUT2D eigenvalue weighted by Crippen LogP contribution is -2.57. The minimum absolute atomic E-state index is 0.431. The van der Waals surface area contributed by atoms with Crippen LogP contribution in [0, 0.1) is 17.8 Å². The molecule has 3 saturated heterocycles. The summed E-state index contributed by atoms with van der Waals surface area (Å²) in [6, 6.07) is 10.6. The van der Waals surface area contributed by atoms with Gasteiger partial charge in [-0.05, 0) is 56.2 Å². The van der Waals surface area contributed by atoms with Gasteiger partial charge in [0.2, 0.25) is 0 Å². The van der Waals surface area contributed by atoms with Gasteiger partial charge in [-0.15, -0.1) is 0 Å². The molecular formula is C20H29NO. The molecule has 1 aliphatic carbocycles. The number of hydrogen-bond donors (Lipinski definition) is 1. The van der Waals surface area contributed by atoms with Crippen molar-refractivity contribution >= 4 is 0 Å². The van der Waals surface area contributed by atoms with Crippen LogP contribution in [0.5, 0.6) is 0 Å². The standard InChI is InChI=1S/C20H29NO/c22-20(17-7-3-1-4-8-17,18-9-5-2-6-10-18)19-15-21-13-11-16(19)12-14-21/h1,3-4,7-8,16,18-19,22H,2,5-6,9-15H2. The molecule has 2 heteroatoms. The van der Waals surface area contributed by atoms with E-state index in [1.54, 1.807) is 0 Å². The number of benzene rings is 1. The van der Waals surface area contributed by atoms with Crippen molar-refractivity contribution in [3.05, 3.63) is 35.9 Å². The minimum Gasteiger partial charge on any atom is -0.385 e. The van der Waals surface area contributed by atoms with Gasteiger partial charge in [0, 0.05) is 12.5 Å². The maximum Gasteiger partial charge on any atom is 0.0967 e. The SMILES string of the molecule is OC(c1ccccc1)(C1CCCCC1)C1CN2CCC1CC2. The summed E-state index contributed by atoms with van der Waals surface area (Å²) in [6.07, 6.45) is 8.91. The Morgan fingerprint density at radius 1 is 0.909 bits per heavy atom. The van der Waals surface area contributed by atoms with E-state index < -0.39 is 5.60 Å². The average molecular weight is 299 g/mol. The Kier molecular flexibility index (Phi) is 4.00. The van der Waals surface area contributed by atoms with Gasteiger partial charge in [0.25, 0.3) is 0 Å². The maximum atomic E-state index is 12.0. The van der Waals surface area contributed by atoms with Crippen LogP contribution in [0.15, 0.2) is 30.3 Å². The van der Waals surface area contributed by atoms with Crippen LogP contribution in [0.25, 0.3) is 0 Å². The lowest BCUT2D eigenvalue weighted by atomic mass is 9.60. The number of fused-ring (bicyclic) bond motifs is 3. The van der Waals surface area contributed by atoms with Crippen LogP contribution >= 0.6 is 0 Å². The molecule has 120 valence electrons. The number of piperidine rings is 3. The molecule has 2 nitrogen and oxygen atoms in total. The van der Waals surface area contributed by atoms with Crippen molar-refractivity contribution < 1.29 is 5.11 Å². The Morgan fingerprint density at radius 2 is 1.59 bits per heavy atom. The highest BCUT2D eigenvalue weighted by atomic mass is 16.3. The molecule has 2 bridgehead atoms. The molecule has 1 aromatic rings. The first-order chi connectivity index (χ1) is 10.8. The van der Waals surface area contributed by atoms with E-state index in [9.17, 15) is 5.11 Å².